The SMILES string of the molecule is O=C(Cc1ccc(-c2csc(-c3ccncc3)n2)cc1)Nc1ccccc1Sc1ccccc1. The van der Waals surface area contributed by atoms with Crippen LogP contribution in [0.1, 0.15) is 5.56 Å². The van der Waals surface area contributed by atoms with Gasteiger partial charge in [0.05, 0.1) is 17.8 Å². The second-order valence-corrected chi connectivity index (χ2v) is 9.58. The van der Waals surface area contributed by atoms with Crippen LogP contribution in [-0.2, 0) is 11.2 Å². The summed E-state index contributed by atoms with van der Waals surface area (Å²) >= 11 is 3.25. The number of carbonyl (C=O) groups is 1. The maximum atomic E-state index is 12.8. The largest absolute Gasteiger partial charge is 0.325 e. The van der Waals surface area contributed by atoms with Crippen molar-refractivity contribution in [1.82, 2.24) is 9.97 Å². The smallest absolute Gasteiger partial charge is 0.228 e. The first-order chi connectivity index (χ1) is 16.7. The maximum Gasteiger partial charge on any atom is 0.228 e. The summed E-state index contributed by atoms with van der Waals surface area (Å²) in [6.45, 7) is 0. The lowest BCUT2D eigenvalue weighted by Gasteiger charge is -2.11. The number of aromatic nitrogens is 2. The molecule has 0 radical (unpaired) electrons. The van der Waals surface area contributed by atoms with E-state index >= 15 is 0 Å². The molecule has 1 N–H and O–H groups in total. The van der Waals surface area contributed by atoms with Gasteiger partial charge >= 0.3 is 0 Å². The van der Waals surface area contributed by atoms with Crippen LogP contribution in [0.5, 0.6) is 0 Å². The molecule has 5 rings (SSSR count). The second kappa shape index (κ2) is 10.5. The van der Waals surface area contributed by atoms with E-state index < -0.39 is 0 Å². The normalized spacial score (nSPS) is 10.7. The van der Waals surface area contributed by atoms with E-state index in [1.807, 2.05) is 78.9 Å². The Hall–Kier alpha value is -3.74. The van der Waals surface area contributed by atoms with Gasteiger partial charge in [0.15, 0.2) is 0 Å². The van der Waals surface area contributed by atoms with Crippen LogP contribution in [0.25, 0.3) is 21.8 Å². The summed E-state index contributed by atoms with van der Waals surface area (Å²) < 4.78 is 0. The number of nitrogens with one attached hydrogen (secondary N) is 1. The van der Waals surface area contributed by atoms with Gasteiger partial charge in [-0.2, -0.15) is 0 Å². The fourth-order valence-corrected chi connectivity index (χ4v) is 5.24. The molecule has 0 spiro atoms. The molecule has 2 heterocycles. The van der Waals surface area contributed by atoms with E-state index in [0.717, 1.165) is 42.9 Å². The Bertz CT molecular complexity index is 1380. The molecule has 0 saturated heterocycles. The highest BCUT2D eigenvalue weighted by Gasteiger charge is 2.10. The van der Waals surface area contributed by atoms with Crippen LogP contribution < -0.4 is 5.32 Å². The summed E-state index contributed by atoms with van der Waals surface area (Å²) in [5.74, 6) is -0.0394. The molecule has 1 amide bonds. The standard InChI is InChI=1S/C28H21N3OS2/c32-27(30-24-8-4-5-9-26(24)34-23-6-2-1-3-7-23)18-20-10-12-21(13-11-20)25-19-33-28(31-25)22-14-16-29-17-15-22/h1-17,19H,18H2,(H,30,32). The van der Waals surface area contributed by atoms with Crippen molar-refractivity contribution in [2.45, 2.75) is 16.2 Å². The highest BCUT2D eigenvalue weighted by atomic mass is 32.2. The third-order valence-corrected chi connectivity index (χ3v) is 7.15. The molecule has 0 aliphatic rings. The topological polar surface area (TPSA) is 54.9 Å². The molecule has 166 valence electrons. The van der Waals surface area contributed by atoms with E-state index in [-0.39, 0.29) is 5.91 Å². The van der Waals surface area contributed by atoms with Crippen LogP contribution in [-0.4, -0.2) is 15.9 Å². The monoisotopic (exact) mass is 479 g/mol. The van der Waals surface area contributed by atoms with Crippen LogP contribution in [0, 0.1) is 0 Å². The maximum absolute atomic E-state index is 12.8. The van der Waals surface area contributed by atoms with Gasteiger partial charge in [-0.3, -0.25) is 9.78 Å². The number of benzene rings is 3. The van der Waals surface area contributed by atoms with Gasteiger partial charge in [-0.05, 0) is 42.0 Å². The highest BCUT2D eigenvalue weighted by Crippen LogP contribution is 2.33. The molecular weight excluding hydrogens is 458 g/mol. The number of amides is 1. The first-order valence-electron chi connectivity index (χ1n) is 10.8. The molecule has 0 aliphatic heterocycles. The highest BCUT2D eigenvalue weighted by molar-refractivity contribution is 7.99. The zero-order chi connectivity index (χ0) is 23.2. The minimum absolute atomic E-state index is 0.0394. The van der Waals surface area contributed by atoms with Gasteiger partial charge in [0, 0.05) is 38.7 Å². The lowest BCUT2D eigenvalue weighted by atomic mass is 10.1. The van der Waals surface area contributed by atoms with E-state index in [0.29, 0.717) is 6.42 Å². The van der Waals surface area contributed by atoms with E-state index in [1.165, 1.54) is 0 Å². The Labute approximate surface area is 206 Å². The molecule has 0 atom stereocenters. The molecule has 2 aromatic heterocycles. The first-order valence-corrected chi connectivity index (χ1v) is 12.5. The number of carbonyl (C=O) groups excluding carboxylic acids is 1. The van der Waals surface area contributed by atoms with Crippen molar-refractivity contribution in [2.24, 2.45) is 0 Å². The number of anilines is 1. The minimum Gasteiger partial charge on any atom is -0.325 e. The van der Waals surface area contributed by atoms with Crippen molar-refractivity contribution < 1.29 is 4.79 Å². The Kier molecular flexibility index (Phi) is 6.79. The van der Waals surface area contributed by atoms with Crippen LogP contribution in [0.15, 0.2) is 119 Å². The van der Waals surface area contributed by atoms with Crippen molar-refractivity contribution >= 4 is 34.7 Å². The van der Waals surface area contributed by atoms with E-state index in [1.54, 1.807) is 35.5 Å². The number of thiazole rings is 1. The molecule has 0 bridgehead atoms. The summed E-state index contributed by atoms with van der Waals surface area (Å²) in [4.78, 5) is 23.7. The average Bonchev–Trinajstić information content (AvgIpc) is 3.37. The molecule has 0 fully saturated rings. The van der Waals surface area contributed by atoms with Crippen molar-refractivity contribution in [2.75, 3.05) is 5.32 Å². The van der Waals surface area contributed by atoms with Crippen molar-refractivity contribution in [3.63, 3.8) is 0 Å². The molecular formula is C28H21N3OS2. The summed E-state index contributed by atoms with van der Waals surface area (Å²) in [6, 6.07) is 30.0. The van der Waals surface area contributed by atoms with E-state index in [2.05, 4.69) is 27.8 Å². The Morgan fingerprint density at radius 3 is 2.35 bits per heavy atom. The number of pyridine rings is 1. The zero-order valence-electron chi connectivity index (χ0n) is 18.2. The van der Waals surface area contributed by atoms with Crippen LogP contribution in [0.4, 0.5) is 5.69 Å². The third kappa shape index (κ3) is 5.42. The van der Waals surface area contributed by atoms with Gasteiger partial charge in [0.2, 0.25) is 5.91 Å². The van der Waals surface area contributed by atoms with E-state index in [4.69, 9.17) is 4.98 Å². The molecule has 0 aliphatic carbocycles. The number of nitrogens with zero attached hydrogens (tertiary/aromatic N) is 2. The summed E-state index contributed by atoms with van der Waals surface area (Å²) in [7, 11) is 0. The molecule has 3 aromatic carbocycles. The number of hydrogen-bond acceptors (Lipinski definition) is 5. The van der Waals surface area contributed by atoms with Crippen LogP contribution in [0.3, 0.4) is 0 Å². The number of rotatable bonds is 7. The van der Waals surface area contributed by atoms with Gasteiger partial charge in [-0.25, -0.2) is 4.98 Å². The predicted molar refractivity (Wildman–Crippen MR) is 140 cm³/mol. The quantitative estimate of drug-likeness (QED) is 0.268. The third-order valence-electron chi connectivity index (χ3n) is 5.18. The molecule has 5 aromatic rings. The van der Waals surface area contributed by atoms with Gasteiger partial charge < -0.3 is 5.32 Å². The van der Waals surface area contributed by atoms with Crippen molar-refractivity contribution in [3.8, 4) is 21.8 Å². The molecule has 0 saturated carbocycles. The minimum atomic E-state index is -0.0394. The summed E-state index contributed by atoms with van der Waals surface area (Å²) in [5, 5.41) is 6.09. The lowest BCUT2D eigenvalue weighted by molar-refractivity contribution is -0.115. The second-order valence-electron chi connectivity index (χ2n) is 7.61. The van der Waals surface area contributed by atoms with Gasteiger partial charge in [-0.1, -0.05) is 66.4 Å². The van der Waals surface area contributed by atoms with Gasteiger partial charge in [0.25, 0.3) is 0 Å². The Morgan fingerprint density at radius 2 is 1.56 bits per heavy atom. The van der Waals surface area contributed by atoms with Crippen molar-refractivity contribution in [1.29, 1.82) is 0 Å². The van der Waals surface area contributed by atoms with E-state index in [9.17, 15) is 4.79 Å². The Morgan fingerprint density at radius 1 is 0.824 bits per heavy atom. The van der Waals surface area contributed by atoms with Crippen molar-refractivity contribution in [3.05, 3.63) is 114 Å². The van der Waals surface area contributed by atoms with Gasteiger partial charge in [-0.15, -0.1) is 11.3 Å². The van der Waals surface area contributed by atoms with Crippen LogP contribution in [0.2, 0.25) is 0 Å². The lowest BCUT2D eigenvalue weighted by Crippen LogP contribution is -2.14. The average molecular weight is 480 g/mol. The van der Waals surface area contributed by atoms with Gasteiger partial charge in [0.1, 0.15) is 5.01 Å². The fourth-order valence-electron chi connectivity index (χ4n) is 3.48. The molecule has 6 heteroatoms. The fraction of sp³-hybridized carbons (Fsp3) is 0.0357. The number of para-hydroxylation sites is 1. The molecule has 4 nitrogen and oxygen atoms in total. The zero-order valence-corrected chi connectivity index (χ0v) is 19.9. The molecule has 0 unspecified atom stereocenters. The summed E-state index contributed by atoms with van der Waals surface area (Å²) in [6.07, 6.45) is 3.86. The Balaban J connectivity index is 1.24. The predicted octanol–water partition coefficient (Wildman–Crippen LogP) is 7.20. The number of hydrogen-bond donors (Lipinski definition) is 1. The summed E-state index contributed by atoms with van der Waals surface area (Å²) in [5.41, 5.74) is 4.80. The molecule has 34 heavy (non-hydrogen) atoms. The van der Waals surface area contributed by atoms with Crippen LogP contribution >= 0.6 is 23.1 Å². The first kappa shape index (κ1) is 22.1.